The van der Waals surface area contributed by atoms with Crippen molar-refractivity contribution in [2.75, 3.05) is 0 Å². The minimum Gasteiger partial charge on any atom is -0.389 e. The molecular weight excluding hydrogens is 138 g/mol. The minimum absolute atomic E-state index is 0.294. The second kappa shape index (κ2) is 2.72. The quantitative estimate of drug-likeness (QED) is 0.625. The molecule has 0 saturated carbocycles. The van der Waals surface area contributed by atoms with Gasteiger partial charge in [0.2, 0.25) is 0 Å². The summed E-state index contributed by atoms with van der Waals surface area (Å²) >= 11 is 0. The molecule has 0 aromatic heterocycles. The van der Waals surface area contributed by atoms with E-state index in [1.165, 1.54) is 0 Å². The van der Waals surface area contributed by atoms with E-state index in [2.05, 4.69) is 0 Å². The lowest BCUT2D eigenvalue weighted by atomic mass is 9.95. The fourth-order valence-corrected chi connectivity index (χ4v) is 1.00. The number of hydrogen-bond acceptors (Lipinski definition) is 2. The van der Waals surface area contributed by atoms with Gasteiger partial charge in [-0.3, -0.25) is 0 Å². The van der Waals surface area contributed by atoms with Crippen LogP contribution in [-0.4, -0.2) is 10.7 Å². The zero-order chi connectivity index (χ0) is 8.48. The van der Waals surface area contributed by atoms with E-state index in [-0.39, 0.29) is 6.04 Å². The summed E-state index contributed by atoms with van der Waals surface area (Å²) in [6.45, 7) is 3.43. The van der Waals surface area contributed by atoms with E-state index in [1.807, 2.05) is 24.3 Å². The Labute approximate surface area is 67.0 Å². The van der Waals surface area contributed by atoms with Crippen molar-refractivity contribution in [2.45, 2.75) is 25.5 Å². The first kappa shape index (κ1) is 8.37. The van der Waals surface area contributed by atoms with Crippen molar-refractivity contribution in [1.82, 2.24) is 0 Å². The first-order valence-electron chi connectivity index (χ1n) is 3.71. The summed E-state index contributed by atoms with van der Waals surface area (Å²) in [4.78, 5) is 0. The molecule has 0 amide bonds. The summed E-state index contributed by atoms with van der Waals surface area (Å²) in [5, 5.41) is 9.53. The standard InChI is InChI=1S/C9H14NO/c1-9(2,11)8(10)7-5-3-4-6-7/h3-6,8,11H,10H2,1-2H3/q-1/t8-/m0/s1. The molecule has 0 spiro atoms. The van der Waals surface area contributed by atoms with Crippen LogP contribution in [-0.2, 0) is 0 Å². The molecule has 2 heteroatoms. The van der Waals surface area contributed by atoms with Gasteiger partial charge < -0.3 is 10.8 Å². The van der Waals surface area contributed by atoms with Crippen LogP contribution in [0.4, 0.5) is 0 Å². The molecule has 1 rings (SSSR count). The summed E-state index contributed by atoms with van der Waals surface area (Å²) in [7, 11) is 0. The predicted octanol–water partition coefficient (Wildman–Crippen LogP) is 1.18. The number of hydrogen-bond donors (Lipinski definition) is 2. The van der Waals surface area contributed by atoms with Crippen molar-refractivity contribution in [1.29, 1.82) is 0 Å². The summed E-state index contributed by atoms with van der Waals surface area (Å²) in [6, 6.07) is 7.38. The summed E-state index contributed by atoms with van der Waals surface area (Å²) < 4.78 is 0. The van der Waals surface area contributed by atoms with Crippen molar-refractivity contribution in [3.63, 3.8) is 0 Å². The first-order chi connectivity index (χ1) is 5.02. The highest BCUT2D eigenvalue weighted by molar-refractivity contribution is 5.22. The van der Waals surface area contributed by atoms with Gasteiger partial charge in [-0.2, -0.15) is 12.1 Å². The molecule has 0 aliphatic rings. The van der Waals surface area contributed by atoms with Crippen LogP contribution in [0.25, 0.3) is 0 Å². The molecule has 1 aromatic rings. The third-order valence-electron chi connectivity index (χ3n) is 1.81. The Morgan fingerprint density at radius 2 is 2.27 bits per heavy atom. The zero-order valence-corrected chi connectivity index (χ0v) is 6.91. The van der Waals surface area contributed by atoms with Gasteiger partial charge in [-0.1, -0.05) is 0 Å². The summed E-state index contributed by atoms with van der Waals surface area (Å²) in [5.41, 5.74) is 5.91. The lowest BCUT2D eigenvalue weighted by Gasteiger charge is -2.27. The first-order valence-corrected chi connectivity index (χ1v) is 3.71. The maximum Gasteiger partial charge on any atom is 0.0763 e. The molecule has 0 heterocycles. The van der Waals surface area contributed by atoms with E-state index in [4.69, 9.17) is 5.73 Å². The summed E-state index contributed by atoms with van der Waals surface area (Å²) in [6.07, 6.45) is 0. The van der Waals surface area contributed by atoms with E-state index in [0.29, 0.717) is 0 Å². The van der Waals surface area contributed by atoms with E-state index in [0.717, 1.165) is 5.56 Å². The molecule has 1 aromatic carbocycles. The average Bonchev–Trinajstić information content (AvgIpc) is 2.34. The summed E-state index contributed by atoms with van der Waals surface area (Å²) in [5.74, 6) is 0. The third kappa shape index (κ3) is 1.85. The molecule has 0 aliphatic carbocycles. The Morgan fingerprint density at radius 1 is 1.64 bits per heavy atom. The van der Waals surface area contributed by atoms with Gasteiger partial charge in [-0.25, -0.2) is 12.1 Å². The van der Waals surface area contributed by atoms with Gasteiger partial charge >= 0.3 is 0 Å². The van der Waals surface area contributed by atoms with E-state index >= 15 is 0 Å². The maximum atomic E-state index is 9.53. The zero-order valence-electron chi connectivity index (χ0n) is 6.91. The fraction of sp³-hybridized carbons (Fsp3) is 0.444. The van der Waals surface area contributed by atoms with Crippen LogP contribution in [0.1, 0.15) is 25.5 Å². The van der Waals surface area contributed by atoms with Crippen molar-refractivity contribution in [3.8, 4) is 0 Å². The van der Waals surface area contributed by atoms with Crippen LogP contribution < -0.4 is 5.73 Å². The Morgan fingerprint density at radius 3 is 2.64 bits per heavy atom. The highest BCUT2D eigenvalue weighted by Crippen LogP contribution is 2.22. The van der Waals surface area contributed by atoms with Crippen molar-refractivity contribution >= 4 is 0 Å². The Hall–Kier alpha value is -0.730. The molecule has 2 nitrogen and oxygen atoms in total. The highest BCUT2D eigenvalue weighted by Gasteiger charge is 2.21. The molecule has 11 heavy (non-hydrogen) atoms. The van der Waals surface area contributed by atoms with E-state index in [1.54, 1.807) is 13.8 Å². The Bertz CT molecular complexity index is 208. The number of nitrogens with two attached hydrogens (primary N) is 1. The molecule has 62 valence electrons. The molecule has 0 unspecified atom stereocenters. The van der Waals surface area contributed by atoms with Crippen LogP contribution in [0.15, 0.2) is 24.3 Å². The molecular formula is C9H14NO-. The van der Waals surface area contributed by atoms with Crippen LogP contribution in [0.5, 0.6) is 0 Å². The topological polar surface area (TPSA) is 46.2 Å². The predicted molar refractivity (Wildman–Crippen MR) is 45.3 cm³/mol. The van der Waals surface area contributed by atoms with Gasteiger partial charge in [-0.15, -0.1) is 5.56 Å². The lowest BCUT2D eigenvalue weighted by Crippen LogP contribution is -2.34. The SMILES string of the molecule is CC(C)(O)[C@@H](N)c1ccc[cH-]1. The average molecular weight is 152 g/mol. The lowest BCUT2D eigenvalue weighted by molar-refractivity contribution is 0.0518. The number of aliphatic hydroxyl groups is 1. The van der Waals surface area contributed by atoms with Gasteiger partial charge in [0.15, 0.2) is 0 Å². The largest absolute Gasteiger partial charge is 0.389 e. The Kier molecular flexibility index (Phi) is 2.07. The van der Waals surface area contributed by atoms with Crippen LogP contribution >= 0.6 is 0 Å². The van der Waals surface area contributed by atoms with E-state index in [9.17, 15) is 5.11 Å². The molecule has 0 saturated heterocycles. The van der Waals surface area contributed by atoms with Crippen LogP contribution in [0.2, 0.25) is 0 Å². The molecule has 1 atom stereocenters. The third-order valence-corrected chi connectivity index (χ3v) is 1.81. The van der Waals surface area contributed by atoms with Gasteiger partial charge in [0.25, 0.3) is 0 Å². The second-order valence-electron chi connectivity index (χ2n) is 3.35. The van der Waals surface area contributed by atoms with Gasteiger partial charge in [0.05, 0.1) is 5.60 Å². The van der Waals surface area contributed by atoms with Crippen molar-refractivity contribution in [2.24, 2.45) is 5.73 Å². The minimum atomic E-state index is -0.839. The highest BCUT2D eigenvalue weighted by atomic mass is 16.3. The van der Waals surface area contributed by atoms with Crippen molar-refractivity contribution < 1.29 is 5.11 Å². The second-order valence-corrected chi connectivity index (χ2v) is 3.35. The van der Waals surface area contributed by atoms with Gasteiger partial charge in [0.1, 0.15) is 0 Å². The van der Waals surface area contributed by atoms with E-state index < -0.39 is 5.60 Å². The van der Waals surface area contributed by atoms with Crippen molar-refractivity contribution in [3.05, 3.63) is 29.8 Å². The molecule has 0 radical (unpaired) electrons. The Balaban J connectivity index is 2.78. The molecule has 0 bridgehead atoms. The van der Waals surface area contributed by atoms with Crippen LogP contribution in [0, 0.1) is 0 Å². The van der Waals surface area contributed by atoms with Gasteiger partial charge in [0, 0.05) is 6.04 Å². The monoisotopic (exact) mass is 152 g/mol. The smallest absolute Gasteiger partial charge is 0.0763 e. The van der Waals surface area contributed by atoms with Crippen LogP contribution in [0.3, 0.4) is 0 Å². The fourth-order valence-electron chi connectivity index (χ4n) is 1.00. The molecule has 0 fully saturated rings. The maximum absolute atomic E-state index is 9.53. The molecule has 0 aliphatic heterocycles. The molecule has 3 N–H and O–H groups in total. The number of rotatable bonds is 2. The normalized spacial score (nSPS) is 14.9. The van der Waals surface area contributed by atoms with Gasteiger partial charge in [-0.05, 0) is 13.8 Å².